The summed E-state index contributed by atoms with van der Waals surface area (Å²) in [5.74, 6) is -2.18. The molecule has 5 N–H and O–H groups in total. The second-order valence-electron chi connectivity index (χ2n) is 14.4. The van der Waals surface area contributed by atoms with E-state index in [4.69, 9.17) is 18.9 Å². The molecule has 0 radical (unpaired) electrons. The number of aromatic hydroxyl groups is 2. The van der Waals surface area contributed by atoms with Crippen LogP contribution >= 0.6 is 0 Å². The number of fused-ring (bicyclic) bond motifs is 3. The Morgan fingerprint density at radius 3 is 1.96 bits per heavy atom. The normalized spacial score (nSPS) is 36.1. The van der Waals surface area contributed by atoms with Crippen LogP contribution in [0.5, 0.6) is 11.5 Å². The molecule has 13 nitrogen and oxygen atoms in total. The van der Waals surface area contributed by atoms with Crippen LogP contribution in [0.1, 0.15) is 102 Å². The van der Waals surface area contributed by atoms with Crippen LogP contribution in [0.15, 0.2) is 24.3 Å². The van der Waals surface area contributed by atoms with Crippen LogP contribution in [0.4, 0.5) is 0 Å². The van der Waals surface area contributed by atoms with E-state index in [0.717, 1.165) is 0 Å². The predicted molar refractivity (Wildman–Crippen MR) is 175 cm³/mol. The summed E-state index contributed by atoms with van der Waals surface area (Å²) < 4.78 is 25.3. The van der Waals surface area contributed by atoms with E-state index in [-0.39, 0.29) is 64.9 Å². The Morgan fingerprint density at radius 2 is 1.41 bits per heavy atom. The first-order valence-corrected chi connectivity index (χ1v) is 16.9. The largest absolute Gasteiger partial charge is 0.507 e. The number of nitrogens with zero attached hydrogens (tertiary/aromatic N) is 2. The average Bonchev–Trinajstić information content (AvgIpc) is 3.04. The molecule has 49 heavy (non-hydrogen) atoms. The number of aliphatic hydroxyl groups excluding tert-OH is 2. The molecule has 2 saturated heterocycles. The molecular weight excluding hydrogens is 636 g/mol. The van der Waals surface area contributed by atoms with Crippen molar-refractivity contribution < 1.29 is 54.1 Å². The van der Waals surface area contributed by atoms with Crippen molar-refractivity contribution >= 4 is 11.6 Å². The van der Waals surface area contributed by atoms with Crippen LogP contribution in [0, 0.1) is 0 Å². The number of hydrogen-bond acceptors (Lipinski definition) is 13. The number of rotatable bonds is 7. The summed E-state index contributed by atoms with van der Waals surface area (Å²) >= 11 is 0. The zero-order valence-corrected chi connectivity index (χ0v) is 29.0. The molecule has 2 heterocycles. The van der Waals surface area contributed by atoms with E-state index in [1.807, 2.05) is 38.0 Å². The molecule has 2 aromatic rings. The number of carbonyl (C=O) groups excluding carboxylic acids is 2. The summed E-state index contributed by atoms with van der Waals surface area (Å²) in [7, 11) is 7.39. The van der Waals surface area contributed by atoms with Gasteiger partial charge in [0.15, 0.2) is 24.1 Å². The van der Waals surface area contributed by atoms with Crippen LogP contribution in [-0.4, -0.2) is 130 Å². The number of hydrogen-bond donors (Lipinski definition) is 5. The topological polar surface area (TPSA) is 179 Å². The van der Waals surface area contributed by atoms with E-state index in [9.17, 15) is 35.1 Å². The third-order valence-electron chi connectivity index (χ3n) is 10.9. The van der Waals surface area contributed by atoms with Crippen LogP contribution in [0.3, 0.4) is 0 Å². The first-order chi connectivity index (χ1) is 23.1. The van der Waals surface area contributed by atoms with Gasteiger partial charge in [-0.3, -0.25) is 9.59 Å². The lowest BCUT2D eigenvalue weighted by Gasteiger charge is -2.48. The lowest BCUT2D eigenvalue weighted by Crippen LogP contribution is -2.55. The fraction of sp³-hybridized carbons (Fsp3) is 0.611. The highest BCUT2D eigenvalue weighted by molar-refractivity contribution is 6.30. The minimum Gasteiger partial charge on any atom is -0.507 e. The smallest absolute Gasteiger partial charge is 0.198 e. The number of phenols is 2. The van der Waals surface area contributed by atoms with Gasteiger partial charge in [0.1, 0.15) is 17.6 Å². The molecule has 4 aliphatic rings. The Kier molecular flexibility index (Phi) is 9.72. The maximum absolute atomic E-state index is 13.9. The number of carbonyl (C=O) groups is 2. The molecule has 11 atom stereocenters. The summed E-state index contributed by atoms with van der Waals surface area (Å²) in [4.78, 5) is 31.6. The van der Waals surface area contributed by atoms with Gasteiger partial charge in [0.25, 0.3) is 0 Å². The molecule has 6 rings (SSSR count). The molecule has 0 amide bonds. The SMILES string of the molecule is CCC1(O)CC(O[C@H]2C[C@H](N(C)C)[C@H](O)[C@H](C)O2)c2cc3c(c(O)c2C1O[C@H]1C[C@H](N(C)C)[C@H](O)[C@H](C)O1)C(=O)c1cccc(O)c1C3=O. The fourth-order valence-corrected chi connectivity index (χ4v) is 7.94. The predicted octanol–water partition coefficient (Wildman–Crippen LogP) is 2.39. The van der Waals surface area contributed by atoms with Crippen molar-refractivity contribution in [3.05, 3.63) is 57.6 Å². The molecule has 2 fully saturated rings. The van der Waals surface area contributed by atoms with Crippen molar-refractivity contribution in [3.63, 3.8) is 0 Å². The van der Waals surface area contributed by atoms with Crippen LogP contribution in [0.2, 0.25) is 0 Å². The van der Waals surface area contributed by atoms with Gasteiger partial charge in [-0.1, -0.05) is 19.1 Å². The van der Waals surface area contributed by atoms with Gasteiger partial charge in [0.2, 0.25) is 0 Å². The summed E-state index contributed by atoms with van der Waals surface area (Å²) in [6.07, 6.45) is -5.98. The number of ether oxygens (including phenoxy) is 4. The monoisotopic (exact) mass is 684 g/mol. The minimum atomic E-state index is -1.65. The van der Waals surface area contributed by atoms with E-state index < -0.39 is 72.1 Å². The summed E-state index contributed by atoms with van der Waals surface area (Å²) in [6.45, 7) is 5.25. The first-order valence-electron chi connectivity index (χ1n) is 16.9. The minimum absolute atomic E-state index is 0.0329. The molecule has 0 saturated carbocycles. The van der Waals surface area contributed by atoms with Crippen LogP contribution in [-0.2, 0) is 18.9 Å². The zero-order chi connectivity index (χ0) is 35.7. The number of phenolic OH excluding ortho intramolecular Hbond substituents is 2. The number of benzene rings is 2. The maximum Gasteiger partial charge on any atom is 0.198 e. The zero-order valence-electron chi connectivity index (χ0n) is 29.0. The van der Waals surface area contributed by atoms with Crippen LogP contribution in [0.25, 0.3) is 0 Å². The highest BCUT2D eigenvalue weighted by Crippen LogP contribution is 2.55. The standard InChI is InChI=1S/C36H48N2O11/c1-8-36(45)15-24(48-25-13-21(37(4)5)30(40)16(2)46-25)19-12-20-28(32(42)18-10-9-11-23(39)27(18)33(20)43)34(44)29(19)35(36)49-26-14-22(38(6)7)31(41)17(3)47-26/h9-12,16-17,21-22,24-26,30-31,35,39-41,44-45H,8,13-15H2,1-7H3/t16-,17-,21-,22-,24?,25-,26-,30+,31+,35?,36?/m0/s1. The Balaban J connectivity index is 1.48. The number of ketones is 2. The van der Waals surface area contributed by atoms with Crippen molar-refractivity contribution in [1.29, 1.82) is 0 Å². The molecule has 3 unspecified atom stereocenters. The first kappa shape index (κ1) is 35.8. The third-order valence-corrected chi connectivity index (χ3v) is 10.9. The Bertz CT molecular complexity index is 1610. The van der Waals surface area contributed by atoms with Gasteiger partial charge in [-0.2, -0.15) is 0 Å². The molecular formula is C36H48N2O11. The van der Waals surface area contributed by atoms with E-state index in [2.05, 4.69) is 0 Å². The molecule has 0 aromatic heterocycles. The molecule has 13 heteroatoms. The molecule has 2 aliphatic carbocycles. The van der Waals surface area contributed by atoms with E-state index in [0.29, 0.717) is 12.0 Å². The highest BCUT2D eigenvalue weighted by Gasteiger charge is 2.52. The summed E-state index contributed by atoms with van der Waals surface area (Å²) in [5, 5.41) is 56.7. The van der Waals surface area contributed by atoms with Gasteiger partial charge in [-0.25, -0.2) is 0 Å². The summed E-state index contributed by atoms with van der Waals surface area (Å²) in [6, 6.07) is 5.06. The summed E-state index contributed by atoms with van der Waals surface area (Å²) in [5.41, 5.74) is -1.83. The van der Waals surface area contributed by atoms with Crippen molar-refractivity contribution in [3.8, 4) is 11.5 Å². The van der Waals surface area contributed by atoms with E-state index in [1.54, 1.807) is 20.8 Å². The molecule has 2 aliphatic heterocycles. The Hall–Kier alpha value is -2.98. The van der Waals surface area contributed by atoms with Crippen LogP contribution < -0.4 is 0 Å². The number of likely N-dealkylation sites (N-methyl/N-ethyl adjacent to an activating group) is 2. The van der Waals surface area contributed by atoms with Crippen molar-refractivity contribution in [2.45, 2.75) is 113 Å². The average molecular weight is 685 g/mol. The molecule has 2 aromatic carbocycles. The number of aliphatic hydroxyl groups is 3. The molecule has 0 spiro atoms. The van der Waals surface area contributed by atoms with Gasteiger partial charge >= 0.3 is 0 Å². The quantitative estimate of drug-likeness (QED) is 0.245. The lowest BCUT2D eigenvalue weighted by molar-refractivity contribution is -0.289. The van der Waals surface area contributed by atoms with Gasteiger partial charge in [-0.05, 0) is 66.2 Å². The second kappa shape index (κ2) is 13.3. The van der Waals surface area contributed by atoms with E-state index >= 15 is 0 Å². The third kappa shape index (κ3) is 6.08. The molecule has 0 bridgehead atoms. The van der Waals surface area contributed by atoms with Crippen molar-refractivity contribution in [2.75, 3.05) is 28.2 Å². The van der Waals surface area contributed by atoms with Crippen molar-refractivity contribution in [1.82, 2.24) is 9.80 Å². The van der Waals surface area contributed by atoms with Crippen molar-refractivity contribution in [2.24, 2.45) is 0 Å². The van der Waals surface area contributed by atoms with Gasteiger partial charge in [0.05, 0.1) is 47.2 Å². The fourth-order valence-electron chi connectivity index (χ4n) is 7.94. The van der Waals surface area contributed by atoms with E-state index in [1.165, 1.54) is 24.3 Å². The van der Waals surface area contributed by atoms with Gasteiger partial charge < -0.3 is 54.3 Å². The molecule has 268 valence electrons. The second-order valence-corrected chi connectivity index (χ2v) is 14.4. The Morgan fingerprint density at radius 1 is 0.857 bits per heavy atom. The Labute approximate surface area is 285 Å². The lowest BCUT2D eigenvalue weighted by atomic mass is 9.71. The highest BCUT2D eigenvalue weighted by atomic mass is 16.7. The maximum atomic E-state index is 13.9. The van der Waals surface area contributed by atoms with Gasteiger partial charge in [0, 0.05) is 48.0 Å². The van der Waals surface area contributed by atoms with Gasteiger partial charge in [-0.15, -0.1) is 0 Å².